The van der Waals surface area contributed by atoms with Gasteiger partial charge in [0, 0.05) is 24.2 Å². The molecule has 1 rings (SSSR count). The third kappa shape index (κ3) is 2.09. The van der Waals surface area contributed by atoms with Crippen molar-refractivity contribution in [2.24, 2.45) is 0 Å². The van der Waals surface area contributed by atoms with Gasteiger partial charge in [-0.2, -0.15) is 0 Å². The summed E-state index contributed by atoms with van der Waals surface area (Å²) in [6.07, 6.45) is 0. The number of thiocarbonyl (C=S) groups is 1. The summed E-state index contributed by atoms with van der Waals surface area (Å²) in [5.74, 6) is 1.11. The predicted molar refractivity (Wildman–Crippen MR) is 50.4 cm³/mol. The fraction of sp³-hybridized carbons (Fsp3) is 0.800. The van der Waals surface area contributed by atoms with Gasteiger partial charge in [0.25, 0.3) is 0 Å². The van der Waals surface area contributed by atoms with E-state index >= 15 is 0 Å². The SMILES string of the molecule is CN1CC(Br)CSC1=S. The Hall–Kier alpha value is 0.720. The minimum absolute atomic E-state index is 0.610. The molecular weight excluding hydrogens is 218 g/mol. The average molecular weight is 226 g/mol. The lowest BCUT2D eigenvalue weighted by atomic mass is 10.4. The number of hydrogen-bond donors (Lipinski definition) is 0. The Bertz CT molecular complexity index is 128. The molecule has 0 aliphatic carbocycles. The molecule has 4 heteroatoms. The molecule has 0 saturated carbocycles. The third-order valence-electron chi connectivity index (χ3n) is 1.17. The van der Waals surface area contributed by atoms with Crippen LogP contribution in [-0.4, -0.2) is 33.4 Å². The fourth-order valence-corrected chi connectivity index (χ4v) is 2.53. The summed E-state index contributed by atoms with van der Waals surface area (Å²) in [7, 11) is 2.03. The predicted octanol–water partition coefficient (Wildman–Crippen LogP) is 1.71. The number of rotatable bonds is 0. The third-order valence-corrected chi connectivity index (χ3v) is 4.01. The second kappa shape index (κ2) is 3.21. The van der Waals surface area contributed by atoms with E-state index in [2.05, 4.69) is 20.8 Å². The van der Waals surface area contributed by atoms with Crippen molar-refractivity contribution in [1.29, 1.82) is 0 Å². The number of alkyl halides is 1. The first-order valence-electron chi connectivity index (χ1n) is 2.72. The van der Waals surface area contributed by atoms with Crippen molar-refractivity contribution in [2.75, 3.05) is 19.3 Å². The Morgan fingerprint density at radius 2 is 2.56 bits per heavy atom. The molecule has 0 aromatic carbocycles. The van der Waals surface area contributed by atoms with Crippen molar-refractivity contribution >= 4 is 44.2 Å². The summed E-state index contributed by atoms with van der Waals surface area (Å²) < 4.78 is 1.02. The minimum Gasteiger partial charge on any atom is -0.359 e. The highest BCUT2D eigenvalue weighted by molar-refractivity contribution is 9.09. The molecule has 1 fully saturated rings. The maximum Gasteiger partial charge on any atom is 0.136 e. The lowest BCUT2D eigenvalue weighted by Gasteiger charge is -2.27. The highest BCUT2D eigenvalue weighted by Crippen LogP contribution is 2.20. The summed E-state index contributed by atoms with van der Waals surface area (Å²) >= 11 is 10.3. The second-order valence-electron chi connectivity index (χ2n) is 2.05. The molecule has 0 aromatic rings. The summed E-state index contributed by atoms with van der Waals surface area (Å²) in [4.78, 5) is 2.71. The van der Waals surface area contributed by atoms with Gasteiger partial charge in [0.2, 0.25) is 0 Å². The first-order valence-corrected chi connectivity index (χ1v) is 5.03. The van der Waals surface area contributed by atoms with Crippen molar-refractivity contribution in [3.63, 3.8) is 0 Å². The number of hydrogen-bond acceptors (Lipinski definition) is 2. The van der Waals surface area contributed by atoms with Crippen molar-refractivity contribution in [1.82, 2.24) is 4.90 Å². The zero-order valence-electron chi connectivity index (χ0n) is 5.13. The summed E-state index contributed by atoms with van der Waals surface area (Å²) in [6.45, 7) is 1.05. The van der Waals surface area contributed by atoms with E-state index < -0.39 is 0 Å². The molecule has 1 unspecified atom stereocenters. The van der Waals surface area contributed by atoms with Crippen LogP contribution in [0.5, 0.6) is 0 Å². The molecule has 0 spiro atoms. The van der Waals surface area contributed by atoms with Gasteiger partial charge in [0.1, 0.15) is 4.32 Å². The van der Waals surface area contributed by atoms with E-state index in [-0.39, 0.29) is 0 Å². The Balaban J connectivity index is 2.44. The monoisotopic (exact) mass is 225 g/mol. The van der Waals surface area contributed by atoms with Crippen LogP contribution in [0, 0.1) is 0 Å². The first kappa shape index (κ1) is 7.82. The molecule has 1 aliphatic rings. The lowest BCUT2D eigenvalue weighted by Crippen LogP contribution is -2.35. The molecule has 0 radical (unpaired) electrons. The van der Waals surface area contributed by atoms with Gasteiger partial charge in [-0.3, -0.25) is 0 Å². The zero-order chi connectivity index (χ0) is 6.85. The number of halogens is 1. The van der Waals surface area contributed by atoms with Gasteiger partial charge < -0.3 is 4.90 Å². The van der Waals surface area contributed by atoms with Gasteiger partial charge in [-0.15, -0.1) is 0 Å². The average Bonchev–Trinajstić information content (AvgIpc) is 1.80. The van der Waals surface area contributed by atoms with E-state index in [1.807, 2.05) is 7.05 Å². The van der Waals surface area contributed by atoms with Gasteiger partial charge in [0.15, 0.2) is 0 Å². The number of nitrogens with zero attached hydrogens (tertiary/aromatic N) is 1. The summed E-state index contributed by atoms with van der Waals surface area (Å²) in [5, 5.41) is 0. The molecule has 0 N–H and O–H groups in total. The molecule has 1 saturated heterocycles. The van der Waals surface area contributed by atoms with E-state index in [1.165, 1.54) is 0 Å². The Morgan fingerprint density at radius 1 is 1.89 bits per heavy atom. The van der Waals surface area contributed by atoms with Crippen molar-refractivity contribution in [3.05, 3.63) is 0 Å². The molecule has 1 aliphatic heterocycles. The van der Waals surface area contributed by atoms with Crippen LogP contribution < -0.4 is 0 Å². The van der Waals surface area contributed by atoms with E-state index in [9.17, 15) is 0 Å². The maximum atomic E-state index is 5.05. The molecule has 0 aromatic heterocycles. The number of thioether (sulfide) groups is 1. The van der Waals surface area contributed by atoms with E-state index in [0.717, 1.165) is 16.6 Å². The summed E-state index contributed by atoms with van der Waals surface area (Å²) in [5.41, 5.74) is 0. The van der Waals surface area contributed by atoms with Gasteiger partial charge in [-0.1, -0.05) is 39.9 Å². The van der Waals surface area contributed by atoms with Crippen LogP contribution in [-0.2, 0) is 0 Å². The van der Waals surface area contributed by atoms with Gasteiger partial charge in [-0.05, 0) is 0 Å². The Kier molecular flexibility index (Phi) is 2.79. The first-order chi connectivity index (χ1) is 4.20. The van der Waals surface area contributed by atoms with Gasteiger partial charge in [-0.25, -0.2) is 0 Å². The van der Waals surface area contributed by atoms with E-state index in [0.29, 0.717) is 4.83 Å². The zero-order valence-corrected chi connectivity index (χ0v) is 8.35. The van der Waals surface area contributed by atoms with E-state index in [4.69, 9.17) is 12.2 Å². The van der Waals surface area contributed by atoms with Crippen LogP contribution in [0.1, 0.15) is 0 Å². The normalized spacial score (nSPS) is 28.9. The van der Waals surface area contributed by atoms with Crippen LogP contribution in [0.4, 0.5) is 0 Å². The molecule has 52 valence electrons. The molecule has 9 heavy (non-hydrogen) atoms. The van der Waals surface area contributed by atoms with Gasteiger partial charge >= 0.3 is 0 Å². The summed E-state index contributed by atoms with van der Waals surface area (Å²) in [6, 6.07) is 0. The molecule has 1 nitrogen and oxygen atoms in total. The van der Waals surface area contributed by atoms with Gasteiger partial charge in [0.05, 0.1) is 0 Å². The van der Waals surface area contributed by atoms with Crippen LogP contribution >= 0.6 is 39.9 Å². The van der Waals surface area contributed by atoms with Crippen LogP contribution in [0.2, 0.25) is 0 Å². The van der Waals surface area contributed by atoms with Crippen molar-refractivity contribution in [3.8, 4) is 0 Å². The maximum absolute atomic E-state index is 5.05. The Morgan fingerprint density at radius 3 is 3.00 bits per heavy atom. The van der Waals surface area contributed by atoms with Crippen molar-refractivity contribution < 1.29 is 0 Å². The van der Waals surface area contributed by atoms with Crippen LogP contribution in [0.25, 0.3) is 0 Å². The van der Waals surface area contributed by atoms with E-state index in [1.54, 1.807) is 11.8 Å². The van der Waals surface area contributed by atoms with Crippen LogP contribution in [0.3, 0.4) is 0 Å². The molecule has 1 heterocycles. The highest BCUT2D eigenvalue weighted by Gasteiger charge is 2.17. The lowest BCUT2D eigenvalue weighted by molar-refractivity contribution is 0.523. The quantitative estimate of drug-likeness (QED) is 0.457. The molecule has 0 bridgehead atoms. The minimum atomic E-state index is 0.610. The topological polar surface area (TPSA) is 3.24 Å². The molecule has 1 atom stereocenters. The smallest absolute Gasteiger partial charge is 0.136 e. The molecule has 0 amide bonds. The second-order valence-corrected chi connectivity index (χ2v) is 5.00. The van der Waals surface area contributed by atoms with Crippen molar-refractivity contribution in [2.45, 2.75) is 4.83 Å². The standard InChI is InChI=1S/C5H8BrNS2/c1-7-2-4(6)3-9-5(7)8/h4H,2-3H2,1H3. The molecular formula is C5H8BrNS2. The largest absolute Gasteiger partial charge is 0.359 e. The highest BCUT2D eigenvalue weighted by atomic mass is 79.9. The fourth-order valence-electron chi connectivity index (χ4n) is 0.696. The van der Waals surface area contributed by atoms with Crippen LogP contribution in [0.15, 0.2) is 0 Å². The Labute approximate surface area is 73.3 Å².